The molecule has 94 valence electrons. The second kappa shape index (κ2) is 4.91. The second-order valence-electron chi connectivity index (χ2n) is 3.95. The standard InChI is InChI=1S/C13H13NO4/c1-18-13(17)11-7-9-8(5-6-12(15)16)3-2-4-10(9)14-11/h2-4,7,14H,5-6H2,1H3,(H,15,16). The number of rotatable bonds is 4. The van der Waals surface area contributed by atoms with Crippen LogP contribution in [0.25, 0.3) is 10.9 Å². The lowest BCUT2D eigenvalue weighted by atomic mass is 10.1. The lowest BCUT2D eigenvalue weighted by molar-refractivity contribution is -0.136. The van der Waals surface area contributed by atoms with Crippen LogP contribution >= 0.6 is 0 Å². The first-order valence-electron chi connectivity index (χ1n) is 5.52. The number of nitrogens with one attached hydrogen (secondary N) is 1. The zero-order valence-corrected chi connectivity index (χ0v) is 9.90. The summed E-state index contributed by atoms with van der Waals surface area (Å²) in [6, 6.07) is 7.22. The van der Waals surface area contributed by atoms with E-state index in [9.17, 15) is 9.59 Å². The van der Waals surface area contributed by atoms with E-state index in [4.69, 9.17) is 5.11 Å². The molecule has 0 saturated carbocycles. The summed E-state index contributed by atoms with van der Waals surface area (Å²) in [6.07, 6.45) is 0.503. The average Bonchev–Trinajstić information content (AvgIpc) is 2.79. The zero-order valence-electron chi connectivity index (χ0n) is 9.90. The van der Waals surface area contributed by atoms with Crippen molar-refractivity contribution < 1.29 is 19.4 Å². The molecule has 0 amide bonds. The number of carbonyl (C=O) groups excluding carboxylic acids is 1. The van der Waals surface area contributed by atoms with E-state index < -0.39 is 11.9 Å². The molecule has 0 unspecified atom stereocenters. The molecule has 0 fully saturated rings. The van der Waals surface area contributed by atoms with Crippen LogP contribution in [0.5, 0.6) is 0 Å². The van der Waals surface area contributed by atoms with Crippen LogP contribution < -0.4 is 0 Å². The molecular weight excluding hydrogens is 234 g/mol. The summed E-state index contributed by atoms with van der Waals surface area (Å²) in [7, 11) is 1.32. The van der Waals surface area contributed by atoms with Gasteiger partial charge in [-0.15, -0.1) is 0 Å². The molecule has 0 saturated heterocycles. The third-order valence-electron chi connectivity index (χ3n) is 2.77. The van der Waals surface area contributed by atoms with Crippen molar-refractivity contribution in [2.75, 3.05) is 7.11 Å². The number of H-pyrrole nitrogens is 1. The largest absolute Gasteiger partial charge is 0.481 e. The van der Waals surface area contributed by atoms with E-state index >= 15 is 0 Å². The van der Waals surface area contributed by atoms with Gasteiger partial charge in [0.15, 0.2) is 0 Å². The first-order chi connectivity index (χ1) is 8.61. The van der Waals surface area contributed by atoms with Gasteiger partial charge in [-0.25, -0.2) is 4.79 Å². The number of esters is 1. The Labute approximate surface area is 103 Å². The van der Waals surface area contributed by atoms with Crippen LogP contribution in [0.2, 0.25) is 0 Å². The van der Waals surface area contributed by atoms with Crippen LogP contribution in [0, 0.1) is 0 Å². The fourth-order valence-corrected chi connectivity index (χ4v) is 1.90. The molecule has 0 radical (unpaired) electrons. The fourth-order valence-electron chi connectivity index (χ4n) is 1.90. The molecule has 5 heteroatoms. The minimum atomic E-state index is -0.837. The minimum absolute atomic E-state index is 0.0673. The predicted octanol–water partition coefficient (Wildman–Crippen LogP) is 1.97. The Morgan fingerprint density at radius 2 is 2.17 bits per heavy atom. The van der Waals surface area contributed by atoms with E-state index in [0.29, 0.717) is 12.1 Å². The van der Waals surface area contributed by atoms with Gasteiger partial charge in [0, 0.05) is 17.3 Å². The summed E-state index contributed by atoms with van der Waals surface area (Å²) < 4.78 is 4.64. The number of aliphatic carboxylic acids is 1. The summed E-state index contributed by atoms with van der Waals surface area (Å²) in [5, 5.41) is 9.56. The number of ether oxygens (including phenoxy) is 1. The van der Waals surface area contributed by atoms with E-state index in [1.807, 2.05) is 18.2 Å². The van der Waals surface area contributed by atoms with E-state index in [1.165, 1.54) is 7.11 Å². The first kappa shape index (κ1) is 12.2. The molecule has 1 aromatic carbocycles. The summed E-state index contributed by atoms with van der Waals surface area (Å²) in [5.41, 5.74) is 2.08. The van der Waals surface area contributed by atoms with E-state index in [2.05, 4.69) is 9.72 Å². The molecule has 0 aliphatic rings. The molecule has 0 aliphatic heterocycles. The first-order valence-corrected chi connectivity index (χ1v) is 5.52. The Bertz CT molecular complexity index is 600. The van der Waals surface area contributed by atoms with Gasteiger partial charge in [0.2, 0.25) is 0 Å². The smallest absolute Gasteiger partial charge is 0.354 e. The van der Waals surface area contributed by atoms with Gasteiger partial charge in [-0.2, -0.15) is 0 Å². The maximum atomic E-state index is 11.4. The van der Waals surface area contributed by atoms with Gasteiger partial charge in [-0.05, 0) is 24.1 Å². The molecule has 0 spiro atoms. The van der Waals surface area contributed by atoms with E-state index in [1.54, 1.807) is 6.07 Å². The summed E-state index contributed by atoms with van der Waals surface area (Å²) in [4.78, 5) is 25.0. The monoisotopic (exact) mass is 247 g/mol. The van der Waals surface area contributed by atoms with Crippen LogP contribution in [-0.2, 0) is 16.0 Å². The normalized spacial score (nSPS) is 10.5. The third kappa shape index (κ3) is 2.34. The van der Waals surface area contributed by atoms with Crippen LogP contribution in [0.1, 0.15) is 22.5 Å². The number of aryl methyl sites for hydroxylation is 1. The van der Waals surface area contributed by atoms with E-state index in [-0.39, 0.29) is 6.42 Å². The Hall–Kier alpha value is -2.30. The molecule has 2 N–H and O–H groups in total. The molecule has 1 aromatic heterocycles. The highest BCUT2D eigenvalue weighted by Gasteiger charge is 2.11. The summed E-state index contributed by atoms with van der Waals surface area (Å²) in [6.45, 7) is 0. The molecule has 0 bridgehead atoms. The molecule has 2 aromatic rings. The van der Waals surface area contributed by atoms with Gasteiger partial charge in [0.25, 0.3) is 0 Å². The number of aromatic nitrogens is 1. The Kier molecular flexibility index (Phi) is 3.32. The lowest BCUT2D eigenvalue weighted by Gasteiger charge is -2.00. The number of hydrogen-bond acceptors (Lipinski definition) is 3. The average molecular weight is 247 g/mol. The lowest BCUT2D eigenvalue weighted by Crippen LogP contribution is -2.00. The number of hydrogen-bond donors (Lipinski definition) is 2. The van der Waals surface area contributed by atoms with Gasteiger partial charge < -0.3 is 14.8 Å². The van der Waals surface area contributed by atoms with Gasteiger partial charge in [0.05, 0.1) is 7.11 Å². The Morgan fingerprint density at radius 3 is 2.83 bits per heavy atom. The van der Waals surface area contributed by atoms with Crippen LogP contribution in [0.3, 0.4) is 0 Å². The van der Waals surface area contributed by atoms with Crippen molar-refractivity contribution in [3.05, 3.63) is 35.5 Å². The highest BCUT2D eigenvalue weighted by atomic mass is 16.5. The predicted molar refractivity (Wildman–Crippen MR) is 65.6 cm³/mol. The van der Waals surface area contributed by atoms with Gasteiger partial charge in [-0.1, -0.05) is 12.1 Å². The number of carboxylic acid groups (broad SMARTS) is 1. The van der Waals surface area contributed by atoms with Crippen LogP contribution in [0.4, 0.5) is 0 Å². The number of fused-ring (bicyclic) bond motifs is 1. The van der Waals surface area contributed by atoms with Crippen molar-refractivity contribution in [2.24, 2.45) is 0 Å². The summed E-state index contributed by atoms with van der Waals surface area (Å²) in [5.74, 6) is -1.27. The van der Waals surface area contributed by atoms with Crippen LogP contribution in [0.15, 0.2) is 24.3 Å². The molecule has 1 heterocycles. The Morgan fingerprint density at radius 1 is 1.39 bits per heavy atom. The Balaban J connectivity index is 2.39. The molecular formula is C13H13NO4. The van der Waals surface area contributed by atoms with Crippen molar-refractivity contribution in [3.8, 4) is 0 Å². The van der Waals surface area contributed by atoms with Crippen molar-refractivity contribution >= 4 is 22.8 Å². The number of methoxy groups -OCH3 is 1. The number of aromatic amines is 1. The highest BCUT2D eigenvalue weighted by molar-refractivity contribution is 5.96. The number of carbonyl (C=O) groups is 2. The third-order valence-corrected chi connectivity index (χ3v) is 2.77. The maximum absolute atomic E-state index is 11.4. The maximum Gasteiger partial charge on any atom is 0.354 e. The van der Waals surface area contributed by atoms with E-state index in [0.717, 1.165) is 16.5 Å². The van der Waals surface area contributed by atoms with Crippen molar-refractivity contribution in [1.82, 2.24) is 4.98 Å². The fraction of sp³-hybridized carbons (Fsp3) is 0.231. The molecule has 0 atom stereocenters. The second-order valence-corrected chi connectivity index (χ2v) is 3.95. The summed E-state index contributed by atoms with van der Waals surface area (Å²) >= 11 is 0. The van der Waals surface area contributed by atoms with Gasteiger partial charge >= 0.3 is 11.9 Å². The molecule has 18 heavy (non-hydrogen) atoms. The minimum Gasteiger partial charge on any atom is -0.481 e. The van der Waals surface area contributed by atoms with Crippen molar-refractivity contribution in [3.63, 3.8) is 0 Å². The van der Waals surface area contributed by atoms with Crippen molar-refractivity contribution in [1.29, 1.82) is 0 Å². The van der Waals surface area contributed by atoms with Crippen LogP contribution in [-0.4, -0.2) is 29.1 Å². The number of carboxylic acids is 1. The van der Waals surface area contributed by atoms with Gasteiger partial charge in [0.1, 0.15) is 5.69 Å². The zero-order chi connectivity index (χ0) is 13.1. The SMILES string of the molecule is COC(=O)c1cc2c(CCC(=O)O)cccc2[nH]1. The molecule has 0 aliphatic carbocycles. The topological polar surface area (TPSA) is 79.4 Å². The molecule has 5 nitrogen and oxygen atoms in total. The van der Waals surface area contributed by atoms with Gasteiger partial charge in [-0.3, -0.25) is 4.79 Å². The highest BCUT2D eigenvalue weighted by Crippen LogP contribution is 2.21. The molecule has 2 rings (SSSR count). The number of benzene rings is 1. The quantitative estimate of drug-likeness (QED) is 0.809. The van der Waals surface area contributed by atoms with Crippen molar-refractivity contribution in [2.45, 2.75) is 12.8 Å².